The second-order valence-electron chi connectivity index (χ2n) is 8.42. The maximum atomic E-state index is 5.54. The van der Waals surface area contributed by atoms with E-state index in [4.69, 9.17) is 12.2 Å². The second kappa shape index (κ2) is 8.52. The van der Waals surface area contributed by atoms with Crippen LogP contribution in [0.25, 0.3) is 6.08 Å². The van der Waals surface area contributed by atoms with Gasteiger partial charge in [-0.3, -0.25) is 0 Å². The van der Waals surface area contributed by atoms with Gasteiger partial charge in [-0.1, -0.05) is 30.3 Å². The zero-order valence-electron chi connectivity index (χ0n) is 18.2. The molecule has 2 aromatic carbocycles. The lowest BCUT2D eigenvalue weighted by molar-refractivity contribution is 0.624. The number of hydrogen-bond acceptors (Lipinski definition) is 3. The largest absolute Gasteiger partial charge is 0.378 e. The van der Waals surface area contributed by atoms with Crippen LogP contribution in [0, 0.1) is 0 Å². The van der Waals surface area contributed by atoms with Gasteiger partial charge in [-0.2, -0.15) is 0 Å². The summed E-state index contributed by atoms with van der Waals surface area (Å²) in [4.78, 5) is 4.25. The molecule has 1 aliphatic heterocycles. The summed E-state index contributed by atoms with van der Waals surface area (Å²) < 4.78 is 0. The van der Waals surface area contributed by atoms with Crippen molar-refractivity contribution >= 4 is 34.8 Å². The van der Waals surface area contributed by atoms with Crippen LogP contribution >= 0.6 is 12.2 Å². The molecule has 0 bridgehead atoms. The van der Waals surface area contributed by atoms with Crippen molar-refractivity contribution in [1.82, 2.24) is 10.6 Å². The van der Waals surface area contributed by atoms with E-state index in [0.717, 1.165) is 19.3 Å². The molecule has 1 unspecified atom stereocenters. The van der Waals surface area contributed by atoms with Gasteiger partial charge >= 0.3 is 0 Å². The molecule has 30 heavy (non-hydrogen) atoms. The van der Waals surface area contributed by atoms with Crippen molar-refractivity contribution in [2.45, 2.75) is 25.3 Å². The average Bonchev–Trinajstić information content (AvgIpc) is 2.73. The normalized spacial score (nSPS) is 19.8. The molecule has 0 saturated carbocycles. The fraction of sp³-hybridized carbons (Fsp3) is 0.320. The van der Waals surface area contributed by atoms with Crippen LogP contribution in [0.4, 0.5) is 11.4 Å². The fourth-order valence-electron chi connectivity index (χ4n) is 4.22. The zero-order valence-corrected chi connectivity index (χ0v) is 19.0. The molecule has 0 amide bonds. The third-order valence-corrected chi connectivity index (χ3v) is 6.09. The number of benzene rings is 2. The van der Waals surface area contributed by atoms with Crippen LogP contribution < -0.4 is 20.4 Å². The Labute approximate surface area is 185 Å². The summed E-state index contributed by atoms with van der Waals surface area (Å²) in [6, 6.07) is 17.6. The number of nitrogens with one attached hydrogen (secondary N) is 2. The third kappa shape index (κ3) is 4.21. The van der Waals surface area contributed by atoms with Crippen LogP contribution in [0.2, 0.25) is 0 Å². The van der Waals surface area contributed by atoms with E-state index in [0.29, 0.717) is 5.11 Å². The topological polar surface area (TPSA) is 30.5 Å². The molecule has 0 fully saturated rings. The SMILES string of the molecule is CN(C)c1ccc(/C=C2\CCCC3=C2C(c2ccc(N(C)C)cc2)NC(=S)N3)cc1. The number of anilines is 2. The molecule has 2 aliphatic rings. The lowest BCUT2D eigenvalue weighted by Gasteiger charge is -2.36. The molecule has 4 nitrogen and oxygen atoms in total. The monoisotopic (exact) mass is 418 g/mol. The first-order valence-corrected chi connectivity index (χ1v) is 10.9. The number of hydrogen-bond donors (Lipinski definition) is 2. The van der Waals surface area contributed by atoms with Gasteiger partial charge in [0, 0.05) is 50.8 Å². The molecule has 0 aromatic heterocycles. The Balaban J connectivity index is 1.72. The number of allylic oxidation sites excluding steroid dienone is 1. The smallest absolute Gasteiger partial charge is 0.171 e. The van der Waals surface area contributed by atoms with Gasteiger partial charge in [-0.05, 0) is 72.4 Å². The fourth-order valence-corrected chi connectivity index (χ4v) is 4.46. The Morgan fingerprint density at radius 1 is 0.867 bits per heavy atom. The molecule has 1 heterocycles. The first-order valence-electron chi connectivity index (χ1n) is 10.5. The third-order valence-electron chi connectivity index (χ3n) is 5.87. The van der Waals surface area contributed by atoms with Gasteiger partial charge in [0.05, 0.1) is 6.04 Å². The zero-order chi connectivity index (χ0) is 21.3. The van der Waals surface area contributed by atoms with Crippen molar-refractivity contribution in [2.75, 3.05) is 38.0 Å². The van der Waals surface area contributed by atoms with E-state index in [2.05, 4.69) is 103 Å². The van der Waals surface area contributed by atoms with Crippen LogP contribution in [0.1, 0.15) is 36.4 Å². The Morgan fingerprint density at radius 3 is 2.07 bits per heavy atom. The standard InChI is InChI=1S/C25H30N4S/c1-28(2)20-12-8-17(9-13-20)16-19-6-5-7-22-23(19)24(27-25(30)26-22)18-10-14-21(15-11-18)29(3)4/h8-16,24H,5-7H2,1-4H3,(H2,26,27,30)/b19-16+. The molecular weight excluding hydrogens is 388 g/mol. The predicted octanol–water partition coefficient (Wildman–Crippen LogP) is 4.86. The summed E-state index contributed by atoms with van der Waals surface area (Å²) in [6.07, 6.45) is 5.60. The van der Waals surface area contributed by atoms with Gasteiger partial charge in [-0.25, -0.2) is 0 Å². The van der Waals surface area contributed by atoms with Crippen molar-refractivity contribution in [1.29, 1.82) is 0 Å². The highest BCUT2D eigenvalue weighted by atomic mass is 32.1. The van der Waals surface area contributed by atoms with Crippen molar-refractivity contribution in [3.8, 4) is 0 Å². The number of thiocarbonyl (C=S) groups is 1. The summed E-state index contributed by atoms with van der Waals surface area (Å²) in [5.41, 5.74) is 8.90. The number of rotatable bonds is 4. The number of nitrogens with zero attached hydrogens (tertiary/aromatic N) is 2. The Morgan fingerprint density at radius 2 is 1.47 bits per heavy atom. The second-order valence-corrected chi connectivity index (χ2v) is 8.83. The van der Waals surface area contributed by atoms with Gasteiger partial charge in [0.25, 0.3) is 0 Å². The maximum absolute atomic E-state index is 5.54. The highest BCUT2D eigenvalue weighted by Crippen LogP contribution is 2.40. The van der Waals surface area contributed by atoms with Crippen molar-refractivity contribution in [2.24, 2.45) is 0 Å². The van der Waals surface area contributed by atoms with Crippen molar-refractivity contribution < 1.29 is 0 Å². The van der Waals surface area contributed by atoms with Gasteiger partial charge < -0.3 is 20.4 Å². The van der Waals surface area contributed by atoms with E-state index in [1.807, 2.05) is 0 Å². The summed E-state index contributed by atoms with van der Waals surface area (Å²) in [5.74, 6) is 0. The van der Waals surface area contributed by atoms with Gasteiger partial charge in [0.1, 0.15) is 0 Å². The minimum atomic E-state index is 0.0811. The van der Waals surface area contributed by atoms with Crippen LogP contribution in [-0.2, 0) is 0 Å². The lowest BCUT2D eigenvalue weighted by Crippen LogP contribution is -2.45. The van der Waals surface area contributed by atoms with Crippen molar-refractivity contribution in [3.05, 3.63) is 76.5 Å². The maximum Gasteiger partial charge on any atom is 0.171 e. The van der Waals surface area contributed by atoms with Gasteiger partial charge in [-0.15, -0.1) is 0 Å². The summed E-state index contributed by atoms with van der Waals surface area (Å²) in [6.45, 7) is 0. The van der Waals surface area contributed by atoms with Crippen LogP contribution in [0.5, 0.6) is 0 Å². The summed E-state index contributed by atoms with van der Waals surface area (Å²) in [5, 5.41) is 7.67. The quantitative estimate of drug-likeness (QED) is 0.693. The molecule has 4 rings (SSSR count). The minimum Gasteiger partial charge on any atom is -0.378 e. The highest BCUT2D eigenvalue weighted by molar-refractivity contribution is 7.80. The molecule has 2 N–H and O–H groups in total. The lowest BCUT2D eigenvalue weighted by atomic mass is 9.82. The van der Waals surface area contributed by atoms with E-state index in [-0.39, 0.29) is 6.04 Å². The van der Waals surface area contributed by atoms with Crippen molar-refractivity contribution in [3.63, 3.8) is 0 Å². The van der Waals surface area contributed by atoms with E-state index in [1.165, 1.54) is 39.3 Å². The Kier molecular flexibility index (Phi) is 5.82. The summed E-state index contributed by atoms with van der Waals surface area (Å²) in [7, 11) is 8.27. The molecule has 156 valence electrons. The van der Waals surface area contributed by atoms with E-state index < -0.39 is 0 Å². The van der Waals surface area contributed by atoms with Crippen LogP contribution in [0.3, 0.4) is 0 Å². The first-order chi connectivity index (χ1) is 14.4. The van der Waals surface area contributed by atoms with Gasteiger partial charge in [0.2, 0.25) is 0 Å². The molecule has 1 atom stereocenters. The Bertz CT molecular complexity index is 985. The summed E-state index contributed by atoms with van der Waals surface area (Å²) >= 11 is 5.54. The van der Waals surface area contributed by atoms with Gasteiger partial charge in [0.15, 0.2) is 5.11 Å². The Hall–Kier alpha value is -2.79. The predicted molar refractivity (Wildman–Crippen MR) is 132 cm³/mol. The first kappa shape index (κ1) is 20.5. The van der Waals surface area contributed by atoms with E-state index >= 15 is 0 Å². The minimum absolute atomic E-state index is 0.0811. The molecule has 2 aromatic rings. The average molecular weight is 419 g/mol. The highest BCUT2D eigenvalue weighted by Gasteiger charge is 2.31. The van der Waals surface area contributed by atoms with Crippen LogP contribution in [-0.4, -0.2) is 33.3 Å². The van der Waals surface area contributed by atoms with Crippen LogP contribution in [0.15, 0.2) is 65.4 Å². The molecule has 0 spiro atoms. The molecule has 5 heteroatoms. The molecule has 1 aliphatic carbocycles. The molecule has 0 radical (unpaired) electrons. The van der Waals surface area contributed by atoms with E-state index in [9.17, 15) is 0 Å². The van der Waals surface area contributed by atoms with E-state index in [1.54, 1.807) is 0 Å². The molecule has 0 saturated heterocycles. The molecular formula is C25H30N4S.